The Bertz CT molecular complexity index is 971. The van der Waals surface area contributed by atoms with Gasteiger partial charge < -0.3 is 30.4 Å². The minimum atomic E-state index is -1.18. The zero-order chi connectivity index (χ0) is 23.1. The standard InChI is InChI=1S/C23H31N5O4.HI/c1-4-24-22(27-15-23(3,31)19-10-5-16(2)32-19)26-13-17-6-8-18(9-7-17)21(30)28-12-11-25-20(29)14-28;/h5-10,31H,4,11-15H2,1-3H3,(H,25,29)(H2,24,26,27);1H. The third-order valence-electron chi connectivity index (χ3n) is 5.16. The topological polar surface area (TPSA) is 119 Å². The zero-order valence-electron chi connectivity index (χ0n) is 19.2. The molecule has 1 aliphatic heterocycles. The second-order valence-electron chi connectivity index (χ2n) is 8.01. The first kappa shape index (κ1) is 26.7. The largest absolute Gasteiger partial charge is 0.463 e. The lowest BCUT2D eigenvalue weighted by Crippen LogP contribution is -2.49. The van der Waals surface area contributed by atoms with Crippen LogP contribution in [-0.2, 0) is 16.9 Å². The molecule has 0 bridgehead atoms. The van der Waals surface area contributed by atoms with E-state index >= 15 is 0 Å². The van der Waals surface area contributed by atoms with E-state index in [1.165, 1.54) is 0 Å². The Labute approximate surface area is 211 Å². The zero-order valence-corrected chi connectivity index (χ0v) is 21.5. The molecule has 0 radical (unpaired) electrons. The summed E-state index contributed by atoms with van der Waals surface area (Å²) < 4.78 is 5.55. The molecule has 1 fully saturated rings. The summed E-state index contributed by atoms with van der Waals surface area (Å²) >= 11 is 0. The van der Waals surface area contributed by atoms with Crippen LogP contribution >= 0.6 is 24.0 Å². The van der Waals surface area contributed by atoms with Gasteiger partial charge in [0.1, 0.15) is 17.1 Å². The molecule has 0 spiro atoms. The molecule has 10 heteroatoms. The Kier molecular flexibility index (Phi) is 9.71. The van der Waals surface area contributed by atoms with Crippen molar-refractivity contribution < 1.29 is 19.1 Å². The Morgan fingerprint density at radius 1 is 1.24 bits per heavy atom. The second-order valence-corrected chi connectivity index (χ2v) is 8.01. The molecule has 1 aromatic carbocycles. The van der Waals surface area contributed by atoms with Crippen LogP contribution in [0.5, 0.6) is 0 Å². The number of hydrogen-bond donors (Lipinski definition) is 4. The van der Waals surface area contributed by atoms with Gasteiger partial charge in [0.25, 0.3) is 5.91 Å². The Morgan fingerprint density at radius 2 is 1.97 bits per heavy atom. The molecule has 1 saturated heterocycles. The maximum absolute atomic E-state index is 12.6. The maximum atomic E-state index is 12.6. The summed E-state index contributed by atoms with van der Waals surface area (Å²) in [5, 5.41) is 19.7. The monoisotopic (exact) mass is 569 g/mol. The van der Waals surface area contributed by atoms with E-state index in [9.17, 15) is 14.7 Å². The lowest BCUT2D eigenvalue weighted by Gasteiger charge is -2.26. The Morgan fingerprint density at radius 3 is 2.58 bits per heavy atom. The fourth-order valence-electron chi connectivity index (χ4n) is 3.33. The highest BCUT2D eigenvalue weighted by Crippen LogP contribution is 2.21. The van der Waals surface area contributed by atoms with Crippen LogP contribution < -0.4 is 16.0 Å². The molecule has 4 N–H and O–H groups in total. The molecule has 0 aliphatic carbocycles. The number of nitrogens with zero attached hydrogens (tertiary/aromatic N) is 2. The molecule has 9 nitrogen and oxygen atoms in total. The third kappa shape index (κ3) is 7.46. The summed E-state index contributed by atoms with van der Waals surface area (Å²) in [5.74, 6) is 1.51. The van der Waals surface area contributed by atoms with Crippen LogP contribution in [0.2, 0.25) is 0 Å². The molecule has 3 rings (SSSR count). The van der Waals surface area contributed by atoms with Crippen molar-refractivity contribution in [1.82, 2.24) is 20.9 Å². The number of aliphatic imine (C=N–C) groups is 1. The van der Waals surface area contributed by atoms with Crippen molar-refractivity contribution in [3.05, 3.63) is 59.0 Å². The van der Waals surface area contributed by atoms with Gasteiger partial charge in [0.05, 0.1) is 19.6 Å². The van der Waals surface area contributed by atoms with E-state index in [2.05, 4.69) is 20.9 Å². The van der Waals surface area contributed by atoms with Gasteiger partial charge in [-0.15, -0.1) is 24.0 Å². The minimum Gasteiger partial charge on any atom is -0.463 e. The highest BCUT2D eigenvalue weighted by molar-refractivity contribution is 14.0. The predicted octanol–water partition coefficient (Wildman–Crippen LogP) is 1.74. The number of aliphatic hydroxyl groups is 1. The molecular formula is C23H32IN5O4. The van der Waals surface area contributed by atoms with Gasteiger partial charge in [-0.1, -0.05) is 12.1 Å². The average molecular weight is 569 g/mol. The fourth-order valence-corrected chi connectivity index (χ4v) is 3.33. The van der Waals surface area contributed by atoms with Crippen LogP contribution in [0.1, 0.15) is 41.3 Å². The van der Waals surface area contributed by atoms with Crippen molar-refractivity contribution in [2.75, 3.05) is 32.7 Å². The van der Waals surface area contributed by atoms with Crippen LogP contribution in [0.15, 0.2) is 45.8 Å². The van der Waals surface area contributed by atoms with E-state index in [0.29, 0.717) is 43.5 Å². The van der Waals surface area contributed by atoms with Gasteiger partial charge in [-0.3, -0.25) is 9.59 Å². The smallest absolute Gasteiger partial charge is 0.254 e. The number of carbonyl (C=O) groups is 2. The van der Waals surface area contributed by atoms with Crippen LogP contribution in [0.25, 0.3) is 0 Å². The van der Waals surface area contributed by atoms with E-state index in [0.717, 1.165) is 11.3 Å². The molecule has 180 valence electrons. The van der Waals surface area contributed by atoms with Crippen molar-refractivity contribution in [2.24, 2.45) is 4.99 Å². The van der Waals surface area contributed by atoms with Gasteiger partial charge in [-0.05, 0) is 50.6 Å². The van der Waals surface area contributed by atoms with Gasteiger partial charge in [-0.2, -0.15) is 0 Å². The molecule has 33 heavy (non-hydrogen) atoms. The van der Waals surface area contributed by atoms with Crippen molar-refractivity contribution in [3.8, 4) is 0 Å². The second kappa shape index (κ2) is 12.0. The summed E-state index contributed by atoms with van der Waals surface area (Å²) in [6.45, 7) is 7.85. The molecule has 0 saturated carbocycles. The van der Waals surface area contributed by atoms with Crippen LogP contribution in [0, 0.1) is 6.92 Å². The van der Waals surface area contributed by atoms with Crippen molar-refractivity contribution in [2.45, 2.75) is 32.9 Å². The molecule has 1 aliphatic rings. The summed E-state index contributed by atoms with van der Waals surface area (Å²) in [6, 6.07) is 10.8. The predicted molar refractivity (Wildman–Crippen MR) is 137 cm³/mol. The van der Waals surface area contributed by atoms with Crippen molar-refractivity contribution in [1.29, 1.82) is 0 Å². The molecule has 2 amide bonds. The maximum Gasteiger partial charge on any atom is 0.254 e. The molecule has 2 aromatic rings. The number of rotatable bonds is 7. The first-order valence-electron chi connectivity index (χ1n) is 10.7. The van der Waals surface area contributed by atoms with Crippen LogP contribution in [-0.4, -0.2) is 60.5 Å². The van der Waals surface area contributed by atoms with E-state index in [1.807, 2.05) is 32.0 Å². The lowest BCUT2D eigenvalue weighted by molar-refractivity contribution is -0.123. The van der Waals surface area contributed by atoms with Gasteiger partial charge in [-0.25, -0.2) is 4.99 Å². The number of furan rings is 1. The molecule has 2 heterocycles. The first-order chi connectivity index (χ1) is 15.3. The normalized spacial score (nSPS) is 15.8. The van der Waals surface area contributed by atoms with Gasteiger partial charge in [0.15, 0.2) is 5.96 Å². The Balaban J connectivity index is 0.00000385. The first-order valence-corrected chi connectivity index (χ1v) is 10.7. The number of amides is 2. The highest BCUT2D eigenvalue weighted by Gasteiger charge is 2.27. The number of hydrogen-bond acceptors (Lipinski definition) is 5. The third-order valence-corrected chi connectivity index (χ3v) is 5.16. The quantitative estimate of drug-likeness (QED) is 0.229. The molecule has 1 aromatic heterocycles. The number of guanidine groups is 1. The number of piperazine rings is 1. The fraction of sp³-hybridized carbons (Fsp3) is 0.435. The van der Waals surface area contributed by atoms with E-state index in [4.69, 9.17) is 4.42 Å². The number of aryl methyl sites for hydroxylation is 1. The summed E-state index contributed by atoms with van der Waals surface area (Å²) in [7, 11) is 0. The SMILES string of the molecule is CCNC(=NCc1ccc(C(=O)N2CCNC(=O)C2)cc1)NCC(C)(O)c1ccc(C)o1.I. The van der Waals surface area contributed by atoms with Crippen molar-refractivity contribution in [3.63, 3.8) is 0 Å². The van der Waals surface area contributed by atoms with Gasteiger partial charge >= 0.3 is 0 Å². The average Bonchev–Trinajstić information content (AvgIpc) is 3.23. The van der Waals surface area contributed by atoms with Crippen LogP contribution in [0.4, 0.5) is 0 Å². The van der Waals surface area contributed by atoms with Gasteiger partial charge in [0, 0.05) is 25.2 Å². The number of halogens is 1. The summed E-state index contributed by atoms with van der Waals surface area (Å²) in [6.07, 6.45) is 0. The lowest BCUT2D eigenvalue weighted by atomic mass is 10.0. The number of nitrogens with one attached hydrogen (secondary N) is 3. The minimum absolute atomic E-state index is 0. The molecule has 1 atom stereocenters. The van der Waals surface area contributed by atoms with Crippen LogP contribution in [0.3, 0.4) is 0 Å². The Hall–Kier alpha value is -2.60. The van der Waals surface area contributed by atoms with E-state index in [1.54, 1.807) is 30.0 Å². The highest BCUT2D eigenvalue weighted by atomic mass is 127. The molecule has 1 unspecified atom stereocenters. The van der Waals surface area contributed by atoms with E-state index < -0.39 is 5.60 Å². The van der Waals surface area contributed by atoms with E-state index in [-0.39, 0.29) is 48.9 Å². The van der Waals surface area contributed by atoms with Gasteiger partial charge in [0.2, 0.25) is 5.91 Å². The number of benzene rings is 1. The summed E-state index contributed by atoms with van der Waals surface area (Å²) in [4.78, 5) is 30.2. The summed E-state index contributed by atoms with van der Waals surface area (Å²) in [5.41, 5.74) is 0.295. The van der Waals surface area contributed by atoms with Crippen molar-refractivity contribution >= 4 is 41.8 Å². The molecular weight excluding hydrogens is 537 g/mol. The number of carbonyl (C=O) groups excluding carboxylic acids is 2.